The van der Waals surface area contributed by atoms with Gasteiger partial charge in [0.1, 0.15) is 0 Å². The average molecular weight is 1270 g/mol. The van der Waals surface area contributed by atoms with Crippen molar-refractivity contribution in [3.63, 3.8) is 0 Å². The van der Waals surface area contributed by atoms with E-state index in [1.54, 1.807) is 0 Å². The maximum absolute atomic E-state index is 11.7. The topological polar surface area (TPSA) is 63.1 Å². The summed E-state index contributed by atoms with van der Waals surface area (Å²) in [5.41, 5.74) is 16.2. The molecule has 0 saturated carbocycles. The maximum Gasteiger partial charge on any atom is 0.162 e. The summed E-state index contributed by atoms with van der Waals surface area (Å²) in [6.45, 7) is 35.2. The predicted octanol–water partition coefficient (Wildman–Crippen LogP) is 21.3. The van der Waals surface area contributed by atoms with Gasteiger partial charge >= 0.3 is 0 Å². The molecule has 0 aliphatic rings. The van der Waals surface area contributed by atoms with Gasteiger partial charge in [0.15, 0.2) is 5.78 Å². The first-order chi connectivity index (χ1) is 36.9. The summed E-state index contributed by atoms with van der Waals surface area (Å²) >= 11 is 3.88. The van der Waals surface area contributed by atoms with Gasteiger partial charge in [-0.15, -0.1) is 86.7 Å². The number of thiophene rings is 2. The second-order valence-electron chi connectivity index (χ2n) is 24.8. The third-order valence-electron chi connectivity index (χ3n) is 14.6. The number of nitrogens with zero attached hydrogens (tertiary/aromatic N) is 2. The smallest absolute Gasteiger partial charge is 0.162 e. The molecule has 5 aromatic carbocycles. The molecule has 0 spiro atoms. The number of ketones is 1. The minimum atomic E-state index is 0. The summed E-state index contributed by atoms with van der Waals surface area (Å²) in [5.74, 6) is 0.547. The van der Waals surface area contributed by atoms with E-state index in [2.05, 4.69) is 209 Å². The van der Waals surface area contributed by atoms with Crippen molar-refractivity contribution in [3.8, 4) is 44.8 Å². The van der Waals surface area contributed by atoms with Gasteiger partial charge in [0.2, 0.25) is 0 Å². The van der Waals surface area contributed by atoms with Crippen molar-refractivity contribution in [3.05, 3.63) is 178 Å². The molecule has 0 aliphatic heterocycles. The fourth-order valence-electron chi connectivity index (χ4n) is 10.3. The standard InChI is InChI=1S/C30H30N.C29H30NS2.C13H24O2.Ir/c1-21-16-22(2)18-28(17-21)29-19-27(14-15-31-29)26-12-10-25(11-13-26)24-8-6-23(7-9-24)20-30(3,4)5;1-17-23(16-28(2,3)4)31-27-21-12-13-30-24(26(21)32-25(17)27)19-14-18-10-8-9-11-20(18)22(15-19)29(5,6)7;1-5-10(6-2)12(14)9-13(15)11(7-3)8-4;/h6-17,19H,20H2,1-5H3;8-13,15H,16H2,1-7H3;9-11,14H,5-8H2,1-4H3;/q2*-1;;/b;;12-9-;. The summed E-state index contributed by atoms with van der Waals surface area (Å²) < 4.78 is 4.13. The molecule has 0 atom stereocenters. The number of hydrogen-bond donors (Lipinski definition) is 1. The van der Waals surface area contributed by atoms with Crippen LogP contribution < -0.4 is 0 Å². The predicted molar refractivity (Wildman–Crippen MR) is 339 cm³/mol. The molecule has 0 amide bonds. The van der Waals surface area contributed by atoms with Crippen LogP contribution in [0.3, 0.4) is 0 Å². The minimum Gasteiger partial charge on any atom is -0.512 e. The zero-order valence-corrected chi connectivity index (χ0v) is 53.9. The Bertz CT molecular complexity index is 3490. The van der Waals surface area contributed by atoms with Crippen molar-refractivity contribution in [2.45, 2.75) is 155 Å². The Labute approximate surface area is 495 Å². The van der Waals surface area contributed by atoms with Crippen LogP contribution >= 0.6 is 22.7 Å². The molecule has 0 bridgehead atoms. The van der Waals surface area contributed by atoms with Gasteiger partial charge in [-0.2, -0.15) is 0 Å². The summed E-state index contributed by atoms with van der Waals surface area (Å²) in [4.78, 5) is 22.7. The Morgan fingerprint density at radius 2 is 1.18 bits per heavy atom. The number of aryl methyl sites for hydroxylation is 3. The Hall–Kier alpha value is -5.56. The molecule has 0 fully saturated rings. The van der Waals surface area contributed by atoms with Gasteiger partial charge in [-0.3, -0.25) is 9.78 Å². The monoisotopic (exact) mass is 1270 g/mol. The van der Waals surface area contributed by atoms with E-state index in [-0.39, 0.29) is 48.9 Å². The molecule has 0 saturated heterocycles. The molecule has 1 N–H and O–H groups in total. The van der Waals surface area contributed by atoms with Crippen molar-refractivity contribution in [1.29, 1.82) is 0 Å². The van der Waals surface area contributed by atoms with Crippen molar-refractivity contribution in [2.24, 2.45) is 22.7 Å². The molecule has 4 nitrogen and oxygen atoms in total. The van der Waals surface area contributed by atoms with Crippen LogP contribution in [0.1, 0.15) is 148 Å². The SMILES string of the molecule is CCC(CC)C(=O)/C=C(\O)C(CC)CC.Cc1[c-]c(-c2cc(-c3ccc(-c4ccc(CC(C)(C)C)cc4)cc3)ccn2)cc(C)c1.Cc1c(CC(C)(C)C)sc2c1sc1c(-c3[c-]c4ccccc4c(C(C)(C)C)c3)nccc12.[Ir]. The van der Waals surface area contributed by atoms with E-state index >= 15 is 0 Å². The van der Waals surface area contributed by atoms with E-state index in [0.29, 0.717) is 10.8 Å². The fourth-order valence-corrected chi connectivity index (χ4v) is 13.5. The number of aliphatic hydroxyl groups is 1. The molecule has 79 heavy (non-hydrogen) atoms. The van der Waals surface area contributed by atoms with Crippen LogP contribution in [0.4, 0.5) is 0 Å². The summed E-state index contributed by atoms with van der Waals surface area (Å²) in [7, 11) is 0. The van der Waals surface area contributed by atoms with Crippen molar-refractivity contribution in [2.75, 3.05) is 0 Å². The van der Waals surface area contributed by atoms with Crippen molar-refractivity contribution in [1.82, 2.24) is 9.97 Å². The number of carbonyl (C=O) groups excluding carboxylic acids is 1. The Balaban J connectivity index is 0.000000203. The minimum absolute atomic E-state index is 0. The van der Waals surface area contributed by atoms with Gasteiger partial charge in [0.25, 0.3) is 0 Å². The molecular weight excluding hydrogens is 1180 g/mol. The first-order valence-corrected chi connectivity index (χ1v) is 29.9. The number of benzene rings is 5. The number of carbonyl (C=O) groups is 1. The van der Waals surface area contributed by atoms with Gasteiger partial charge in [-0.1, -0.05) is 188 Å². The Kier molecular flexibility index (Phi) is 21.3. The first-order valence-electron chi connectivity index (χ1n) is 28.3. The number of rotatable bonds is 13. The quantitative estimate of drug-likeness (QED) is 0.0710. The number of aromatic nitrogens is 2. The number of pyridine rings is 2. The number of fused-ring (bicyclic) bond motifs is 4. The van der Waals surface area contributed by atoms with Crippen LogP contribution in [0.2, 0.25) is 0 Å². The average Bonchev–Trinajstić information content (AvgIpc) is 4.18. The molecule has 9 aromatic rings. The van der Waals surface area contributed by atoms with Gasteiger partial charge < -0.3 is 10.1 Å². The van der Waals surface area contributed by atoms with Gasteiger partial charge in [-0.25, -0.2) is 0 Å². The molecule has 0 aliphatic carbocycles. The zero-order chi connectivity index (χ0) is 56.7. The first kappa shape index (κ1) is 62.6. The van der Waals surface area contributed by atoms with Crippen LogP contribution in [0, 0.1) is 55.6 Å². The fraction of sp³-hybridized carbons (Fsp3) is 0.375. The van der Waals surface area contributed by atoms with E-state index in [1.165, 1.54) is 80.3 Å². The normalized spacial score (nSPS) is 12.2. The second-order valence-corrected chi connectivity index (χ2v) is 26.9. The van der Waals surface area contributed by atoms with E-state index < -0.39 is 0 Å². The molecule has 1 radical (unpaired) electrons. The van der Waals surface area contributed by atoms with E-state index in [9.17, 15) is 9.90 Å². The second kappa shape index (κ2) is 26.8. The molecular formula is C72H84IrN2O2S2-2. The van der Waals surface area contributed by atoms with Crippen LogP contribution in [0.5, 0.6) is 0 Å². The number of hydrogen-bond acceptors (Lipinski definition) is 6. The molecule has 9 rings (SSSR count). The van der Waals surface area contributed by atoms with Crippen LogP contribution in [0.25, 0.3) is 75.0 Å². The molecule has 4 heterocycles. The van der Waals surface area contributed by atoms with Crippen LogP contribution in [0.15, 0.2) is 133 Å². The third kappa shape index (κ3) is 16.1. The van der Waals surface area contributed by atoms with Gasteiger partial charge in [0.05, 0.1) is 10.5 Å². The largest absolute Gasteiger partial charge is 0.512 e. The zero-order valence-electron chi connectivity index (χ0n) is 49.9. The maximum atomic E-state index is 11.7. The number of aliphatic hydroxyl groups excluding tert-OH is 1. The third-order valence-corrected chi connectivity index (χ3v) is 17.4. The van der Waals surface area contributed by atoms with E-state index in [1.807, 2.05) is 62.8 Å². The number of allylic oxidation sites excluding steroid dienone is 2. The Morgan fingerprint density at radius 3 is 1.76 bits per heavy atom. The molecule has 7 heteroatoms. The van der Waals surface area contributed by atoms with Crippen molar-refractivity contribution < 1.29 is 30.0 Å². The summed E-state index contributed by atoms with van der Waals surface area (Å²) in [5, 5.41) is 13.5. The Morgan fingerprint density at radius 1 is 0.595 bits per heavy atom. The molecule has 417 valence electrons. The van der Waals surface area contributed by atoms with Gasteiger partial charge in [-0.05, 0) is 113 Å². The van der Waals surface area contributed by atoms with Gasteiger partial charge in [0, 0.05) is 75.8 Å². The van der Waals surface area contributed by atoms with Crippen LogP contribution in [-0.2, 0) is 43.2 Å². The van der Waals surface area contributed by atoms with E-state index in [0.717, 1.165) is 72.0 Å². The van der Waals surface area contributed by atoms with Crippen LogP contribution in [-0.4, -0.2) is 20.9 Å². The summed E-state index contributed by atoms with van der Waals surface area (Å²) in [6, 6.07) is 46.5. The molecule has 0 unspecified atom stereocenters. The summed E-state index contributed by atoms with van der Waals surface area (Å²) in [6.07, 6.45) is 11.0. The van der Waals surface area contributed by atoms with E-state index in [4.69, 9.17) is 4.98 Å². The molecule has 4 aromatic heterocycles. The van der Waals surface area contributed by atoms with Crippen molar-refractivity contribution >= 4 is 58.7 Å².